The highest BCUT2D eigenvalue weighted by Gasteiger charge is 2.27. The van der Waals surface area contributed by atoms with Gasteiger partial charge in [-0.25, -0.2) is 0 Å². The fourth-order valence-electron chi connectivity index (χ4n) is 3.88. The maximum Gasteiger partial charge on any atom is 0.228 e. The molecule has 160 valence electrons. The van der Waals surface area contributed by atoms with Crippen LogP contribution in [-0.2, 0) is 22.4 Å². The van der Waals surface area contributed by atoms with Gasteiger partial charge in [0.1, 0.15) is 11.9 Å². The highest BCUT2D eigenvalue weighted by Crippen LogP contribution is 2.24. The molecule has 3 aromatic rings. The molecule has 1 amide bonds. The minimum atomic E-state index is -0.231. The van der Waals surface area contributed by atoms with Crippen LogP contribution < -0.4 is 4.74 Å². The molecular weight excluding hydrogens is 390 g/mol. The fourth-order valence-corrected chi connectivity index (χ4v) is 3.88. The molecule has 0 spiro atoms. The molecule has 3 heterocycles. The monoisotopic (exact) mass is 417 g/mol. The summed E-state index contributed by atoms with van der Waals surface area (Å²) in [6, 6.07) is 17.9. The van der Waals surface area contributed by atoms with Gasteiger partial charge in [0.05, 0.1) is 32.4 Å². The van der Waals surface area contributed by atoms with E-state index in [0.717, 1.165) is 34.8 Å². The molecule has 0 saturated carbocycles. The zero-order valence-electron chi connectivity index (χ0n) is 18.0. The zero-order valence-corrected chi connectivity index (χ0v) is 18.0. The summed E-state index contributed by atoms with van der Waals surface area (Å²) in [6.45, 7) is 3.58. The normalized spacial score (nSPS) is 16.2. The Hall–Kier alpha value is -3.25. The third kappa shape index (κ3) is 5.47. The van der Waals surface area contributed by atoms with Gasteiger partial charge < -0.3 is 14.4 Å². The molecule has 0 aliphatic carbocycles. The van der Waals surface area contributed by atoms with Crippen LogP contribution in [0.4, 0.5) is 0 Å². The average Bonchev–Trinajstić information content (AvgIpc) is 2.79. The minimum absolute atomic E-state index is 0.0660. The second kappa shape index (κ2) is 9.71. The van der Waals surface area contributed by atoms with Crippen molar-refractivity contribution in [2.45, 2.75) is 25.9 Å². The van der Waals surface area contributed by atoms with Crippen molar-refractivity contribution < 1.29 is 14.3 Å². The van der Waals surface area contributed by atoms with E-state index in [1.807, 2.05) is 48.2 Å². The molecule has 0 unspecified atom stereocenters. The lowest BCUT2D eigenvalue weighted by Gasteiger charge is -2.33. The van der Waals surface area contributed by atoms with Crippen molar-refractivity contribution >= 4 is 5.91 Å². The molecule has 2 aromatic heterocycles. The number of benzene rings is 1. The Morgan fingerprint density at radius 3 is 2.87 bits per heavy atom. The standard InChI is InChI=1S/C25H27N3O3/c1-18-12-20(13-19-6-5-8-22(14-19)30-2)15-23(27-18)24-17-28(10-11-31-24)25(29)16-21-7-3-4-9-26-21/h3-9,12,14-15,24H,10-11,13,16-17H2,1-2H3/t24-/m0/s1. The van der Waals surface area contributed by atoms with Crippen molar-refractivity contribution in [3.05, 3.63) is 89.0 Å². The number of amides is 1. The van der Waals surface area contributed by atoms with Gasteiger partial charge in [-0.05, 0) is 60.9 Å². The molecule has 31 heavy (non-hydrogen) atoms. The van der Waals surface area contributed by atoms with Gasteiger partial charge in [0.25, 0.3) is 0 Å². The zero-order chi connectivity index (χ0) is 21.6. The Kier molecular flexibility index (Phi) is 6.57. The molecule has 1 saturated heterocycles. The molecule has 0 bridgehead atoms. The van der Waals surface area contributed by atoms with Crippen LogP contribution in [0.2, 0.25) is 0 Å². The number of carbonyl (C=O) groups excluding carboxylic acids is 1. The summed E-state index contributed by atoms with van der Waals surface area (Å²) in [6.07, 6.45) is 2.56. The van der Waals surface area contributed by atoms with E-state index in [4.69, 9.17) is 14.5 Å². The van der Waals surface area contributed by atoms with E-state index in [2.05, 4.69) is 23.2 Å². The number of rotatable bonds is 6. The van der Waals surface area contributed by atoms with Crippen molar-refractivity contribution in [1.82, 2.24) is 14.9 Å². The smallest absolute Gasteiger partial charge is 0.228 e. The first kappa shape index (κ1) is 21.0. The van der Waals surface area contributed by atoms with Gasteiger partial charge in [-0.1, -0.05) is 18.2 Å². The van der Waals surface area contributed by atoms with Crippen LogP contribution in [0.25, 0.3) is 0 Å². The lowest BCUT2D eigenvalue weighted by atomic mass is 10.0. The quantitative estimate of drug-likeness (QED) is 0.614. The van der Waals surface area contributed by atoms with E-state index < -0.39 is 0 Å². The van der Waals surface area contributed by atoms with E-state index in [0.29, 0.717) is 26.1 Å². The second-order valence-corrected chi connectivity index (χ2v) is 7.77. The van der Waals surface area contributed by atoms with Crippen LogP contribution in [0.15, 0.2) is 60.8 Å². The highest BCUT2D eigenvalue weighted by molar-refractivity contribution is 5.78. The van der Waals surface area contributed by atoms with Crippen molar-refractivity contribution in [1.29, 1.82) is 0 Å². The van der Waals surface area contributed by atoms with Gasteiger partial charge in [-0.15, -0.1) is 0 Å². The van der Waals surface area contributed by atoms with Gasteiger partial charge in [-0.3, -0.25) is 14.8 Å². The number of hydrogen-bond donors (Lipinski definition) is 0. The van der Waals surface area contributed by atoms with Crippen molar-refractivity contribution in [3.63, 3.8) is 0 Å². The molecule has 6 heteroatoms. The lowest BCUT2D eigenvalue weighted by molar-refractivity contribution is -0.138. The average molecular weight is 418 g/mol. The molecule has 0 N–H and O–H groups in total. The summed E-state index contributed by atoms with van der Waals surface area (Å²) in [4.78, 5) is 23.6. The summed E-state index contributed by atoms with van der Waals surface area (Å²) in [7, 11) is 1.68. The number of nitrogens with zero attached hydrogens (tertiary/aromatic N) is 3. The van der Waals surface area contributed by atoms with E-state index in [-0.39, 0.29) is 12.0 Å². The van der Waals surface area contributed by atoms with Crippen LogP contribution in [0.5, 0.6) is 5.75 Å². The number of aromatic nitrogens is 2. The molecule has 4 rings (SSSR count). The van der Waals surface area contributed by atoms with Gasteiger partial charge in [0.2, 0.25) is 5.91 Å². The third-order valence-corrected chi connectivity index (χ3v) is 5.38. The number of methoxy groups -OCH3 is 1. The van der Waals surface area contributed by atoms with Crippen molar-refractivity contribution in [3.8, 4) is 5.75 Å². The predicted molar refractivity (Wildman–Crippen MR) is 118 cm³/mol. The number of aryl methyl sites for hydroxylation is 1. The summed E-state index contributed by atoms with van der Waals surface area (Å²) in [5.74, 6) is 0.914. The second-order valence-electron chi connectivity index (χ2n) is 7.77. The van der Waals surface area contributed by atoms with Crippen LogP contribution in [0.1, 0.15) is 34.3 Å². The largest absolute Gasteiger partial charge is 0.497 e. The Labute approximate surface area is 182 Å². The van der Waals surface area contributed by atoms with Crippen LogP contribution in [0, 0.1) is 6.92 Å². The first-order chi connectivity index (χ1) is 15.1. The maximum absolute atomic E-state index is 12.8. The van der Waals surface area contributed by atoms with Gasteiger partial charge in [0.15, 0.2) is 0 Å². The van der Waals surface area contributed by atoms with Crippen LogP contribution in [-0.4, -0.2) is 47.6 Å². The number of carbonyl (C=O) groups is 1. The minimum Gasteiger partial charge on any atom is -0.497 e. The van der Waals surface area contributed by atoms with Crippen molar-refractivity contribution in [2.75, 3.05) is 26.8 Å². The maximum atomic E-state index is 12.8. The lowest BCUT2D eigenvalue weighted by Crippen LogP contribution is -2.43. The fraction of sp³-hybridized carbons (Fsp3) is 0.320. The number of hydrogen-bond acceptors (Lipinski definition) is 5. The summed E-state index contributed by atoms with van der Waals surface area (Å²) in [5.41, 5.74) is 4.93. The number of ether oxygens (including phenoxy) is 2. The number of pyridine rings is 2. The Bertz CT molecular complexity index is 1040. The molecule has 1 fully saturated rings. The van der Waals surface area contributed by atoms with E-state index >= 15 is 0 Å². The Morgan fingerprint density at radius 1 is 1.16 bits per heavy atom. The van der Waals surface area contributed by atoms with E-state index in [1.54, 1.807) is 13.3 Å². The topological polar surface area (TPSA) is 64.5 Å². The first-order valence-electron chi connectivity index (χ1n) is 10.5. The SMILES string of the molecule is COc1cccc(Cc2cc(C)nc([C@@H]3CN(C(=O)Cc4ccccn4)CCO3)c2)c1. The van der Waals surface area contributed by atoms with Crippen LogP contribution in [0.3, 0.4) is 0 Å². The third-order valence-electron chi connectivity index (χ3n) is 5.38. The molecular formula is C25H27N3O3. The van der Waals surface area contributed by atoms with Crippen molar-refractivity contribution in [2.24, 2.45) is 0 Å². The van der Waals surface area contributed by atoms with E-state index in [9.17, 15) is 4.79 Å². The molecule has 1 aliphatic rings. The summed E-state index contributed by atoms with van der Waals surface area (Å²) >= 11 is 0. The number of morpholine rings is 1. The first-order valence-corrected chi connectivity index (χ1v) is 10.5. The Balaban J connectivity index is 1.47. The summed E-state index contributed by atoms with van der Waals surface area (Å²) < 4.78 is 11.3. The predicted octanol–water partition coefficient (Wildman–Crippen LogP) is 3.53. The highest BCUT2D eigenvalue weighted by atomic mass is 16.5. The van der Waals surface area contributed by atoms with E-state index in [1.165, 1.54) is 5.56 Å². The molecule has 1 atom stereocenters. The molecule has 1 aromatic carbocycles. The molecule has 6 nitrogen and oxygen atoms in total. The Morgan fingerprint density at radius 2 is 2.06 bits per heavy atom. The summed E-state index contributed by atoms with van der Waals surface area (Å²) in [5, 5.41) is 0. The molecule has 0 radical (unpaired) electrons. The van der Waals surface area contributed by atoms with Gasteiger partial charge in [-0.2, -0.15) is 0 Å². The molecule has 1 aliphatic heterocycles. The van der Waals surface area contributed by atoms with Gasteiger partial charge in [0, 0.05) is 24.1 Å². The van der Waals surface area contributed by atoms with Gasteiger partial charge >= 0.3 is 0 Å². The van der Waals surface area contributed by atoms with Crippen LogP contribution >= 0.6 is 0 Å².